The zero-order valence-corrected chi connectivity index (χ0v) is 12.8. The lowest BCUT2D eigenvalue weighted by atomic mass is 10.0. The van der Waals surface area contributed by atoms with E-state index in [9.17, 15) is 14.4 Å². The predicted octanol–water partition coefficient (Wildman–Crippen LogP) is 2.27. The number of aliphatic carboxylic acids is 1. The Bertz CT molecular complexity index is 549. The van der Waals surface area contributed by atoms with Crippen LogP contribution >= 0.6 is 0 Å². The third kappa shape index (κ3) is 6.35. The summed E-state index contributed by atoms with van der Waals surface area (Å²) in [6, 6.07) is 8.44. The zero-order chi connectivity index (χ0) is 16.5. The number of amides is 1. The van der Waals surface area contributed by atoms with Crippen molar-refractivity contribution in [3.8, 4) is 0 Å². The fourth-order valence-corrected chi connectivity index (χ4v) is 1.83. The smallest absolute Gasteiger partial charge is 0.326 e. The standard InChI is InChI=1S/C17H21NO4/c1-12(2)16(17(21)22)18-15(20)11-10-14(19)9-8-13-6-4-3-5-7-13/h3-9,12,16H,10-11H2,1-2H3,(H,18,20)(H,21,22)/b9-8+/t16-/m0/s1. The molecule has 0 aliphatic heterocycles. The molecule has 1 rings (SSSR count). The Labute approximate surface area is 130 Å². The summed E-state index contributed by atoms with van der Waals surface area (Å²) in [5, 5.41) is 11.4. The van der Waals surface area contributed by atoms with Crippen LogP contribution in [0.4, 0.5) is 0 Å². The Morgan fingerprint density at radius 2 is 1.77 bits per heavy atom. The third-order valence-electron chi connectivity index (χ3n) is 3.11. The van der Waals surface area contributed by atoms with Crippen molar-refractivity contribution in [3.63, 3.8) is 0 Å². The normalized spacial score (nSPS) is 12.3. The number of carboxylic acid groups (broad SMARTS) is 1. The van der Waals surface area contributed by atoms with E-state index in [0.29, 0.717) is 0 Å². The largest absolute Gasteiger partial charge is 0.480 e. The molecule has 0 saturated carbocycles. The minimum absolute atomic E-state index is 0.0194. The van der Waals surface area contributed by atoms with Crippen LogP contribution in [-0.4, -0.2) is 28.8 Å². The first kappa shape index (κ1) is 17.6. The van der Waals surface area contributed by atoms with Gasteiger partial charge in [0.15, 0.2) is 5.78 Å². The second-order valence-electron chi connectivity index (χ2n) is 5.34. The molecule has 0 aromatic heterocycles. The minimum atomic E-state index is -1.07. The number of carbonyl (C=O) groups is 3. The fourth-order valence-electron chi connectivity index (χ4n) is 1.83. The van der Waals surface area contributed by atoms with Gasteiger partial charge in [0.25, 0.3) is 0 Å². The molecule has 0 aliphatic rings. The molecule has 0 heterocycles. The van der Waals surface area contributed by atoms with Gasteiger partial charge in [-0.2, -0.15) is 0 Å². The van der Waals surface area contributed by atoms with Gasteiger partial charge < -0.3 is 10.4 Å². The number of carbonyl (C=O) groups excluding carboxylic acids is 2. The zero-order valence-electron chi connectivity index (χ0n) is 12.8. The molecule has 1 aromatic carbocycles. The summed E-state index contributed by atoms with van der Waals surface area (Å²) in [5.41, 5.74) is 0.908. The van der Waals surface area contributed by atoms with Crippen LogP contribution < -0.4 is 5.32 Å². The van der Waals surface area contributed by atoms with Crippen LogP contribution in [0.15, 0.2) is 36.4 Å². The molecule has 22 heavy (non-hydrogen) atoms. The van der Waals surface area contributed by atoms with E-state index in [-0.39, 0.29) is 24.5 Å². The summed E-state index contributed by atoms with van der Waals surface area (Å²) < 4.78 is 0. The number of allylic oxidation sites excluding steroid dienone is 1. The van der Waals surface area contributed by atoms with E-state index in [2.05, 4.69) is 5.32 Å². The van der Waals surface area contributed by atoms with Gasteiger partial charge in [0, 0.05) is 12.8 Å². The minimum Gasteiger partial charge on any atom is -0.480 e. The van der Waals surface area contributed by atoms with E-state index in [0.717, 1.165) is 5.56 Å². The van der Waals surface area contributed by atoms with Gasteiger partial charge in [-0.3, -0.25) is 9.59 Å². The van der Waals surface area contributed by atoms with Crippen LogP contribution in [0.1, 0.15) is 32.3 Å². The monoisotopic (exact) mass is 303 g/mol. The maximum absolute atomic E-state index is 11.7. The van der Waals surface area contributed by atoms with Gasteiger partial charge in [-0.05, 0) is 17.6 Å². The van der Waals surface area contributed by atoms with Crippen LogP contribution in [0.5, 0.6) is 0 Å². The van der Waals surface area contributed by atoms with Crippen LogP contribution in [0, 0.1) is 5.92 Å². The highest BCUT2D eigenvalue weighted by molar-refractivity contribution is 5.96. The summed E-state index contributed by atoms with van der Waals surface area (Å²) in [6.07, 6.45) is 3.15. The Morgan fingerprint density at radius 1 is 1.14 bits per heavy atom. The SMILES string of the molecule is CC(C)[C@H](NC(=O)CCC(=O)/C=C/c1ccccc1)C(=O)O. The number of hydrogen-bond donors (Lipinski definition) is 2. The van der Waals surface area contributed by atoms with Crippen molar-refractivity contribution in [2.24, 2.45) is 5.92 Å². The highest BCUT2D eigenvalue weighted by Crippen LogP contribution is 2.04. The Morgan fingerprint density at radius 3 is 2.32 bits per heavy atom. The molecule has 0 aliphatic carbocycles. The molecule has 2 N–H and O–H groups in total. The van der Waals surface area contributed by atoms with Gasteiger partial charge in [0.05, 0.1) is 0 Å². The van der Waals surface area contributed by atoms with Crippen LogP contribution in [-0.2, 0) is 14.4 Å². The lowest BCUT2D eigenvalue weighted by Gasteiger charge is -2.17. The highest BCUT2D eigenvalue weighted by atomic mass is 16.4. The lowest BCUT2D eigenvalue weighted by molar-refractivity contribution is -0.143. The van der Waals surface area contributed by atoms with E-state index in [1.807, 2.05) is 30.3 Å². The Balaban J connectivity index is 2.42. The molecule has 0 fully saturated rings. The number of rotatable bonds is 8. The summed E-state index contributed by atoms with van der Waals surface area (Å²) in [7, 11) is 0. The van der Waals surface area contributed by atoms with Crippen molar-refractivity contribution < 1.29 is 19.5 Å². The number of nitrogens with one attached hydrogen (secondary N) is 1. The van der Waals surface area contributed by atoms with Crippen molar-refractivity contribution in [1.82, 2.24) is 5.32 Å². The second kappa shape index (κ2) is 8.77. The molecule has 0 bridgehead atoms. The van der Waals surface area contributed by atoms with Gasteiger partial charge in [-0.25, -0.2) is 4.79 Å². The van der Waals surface area contributed by atoms with Crippen molar-refractivity contribution in [2.75, 3.05) is 0 Å². The maximum Gasteiger partial charge on any atom is 0.326 e. The quantitative estimate of drug-likeness (QED) is 0.722. The van der Waals surface area contributed by atoms with Gasteiger partial charge in [0.2, 0.25) is 5.91 Å². The van der Waals surface area contributed by atoms with Crippen molar-refractivity contribution in [1.29, 1.82) is 0 Å². The van der Waals surface area contributed by atoms with Crippen LogP contribution in [0.3, 0.4) is 0 Å². The van der Waals surface area contributed by atoms with Crippen molar-refractivity contribution in [3.05, 3.63) is 42.0 Å². The van der Waals surface area contributed by atoms with Crippen LogP contribution in [0.2, 0.25) is 0 Å². The molecule has 0 spiro atoms. The second-order valence-corrected chi connectivity index (χ2v) is 5.34. The molecule has 1 amide bonds. The Hall–Kier alpha value is -2.43. The number of benzene rings is 1. The summed E-state index contributed by atoms with van der Waals surface area (Å²) in [5.74, 6) is -1.88. The third-order valence-corrected chi connectivity index (χ3v) is 3.11. The van der Waals surface area contributed by atoms with E-state index in [1.54, 1.807) is 19.9 Å². The molecule has 118 valence electrons. The summed E-state index contributed by atoms with van der Waals surface area (Å²) >= 11 is 0. The van der Waals surface area contributed by atoms with Gasteiger partial charge in [-0.15, -0.1) is 0 Å². The van der Waals surface area contributed by atoms with E-state index in [1.165, 1.54) is 6.08 Å². The average Bonchev–Trinajstić information content (AvgIpc) is 2.49. The average molecular weight is 303 g/mol. The van der Waals surface area contributed by atoms with Gasteiger partial charge in [-0.1, -0.05) is 50.3 Å². The molecule has 0 unspecified atom stereocenters. The molecule has 0 radical (unpaired) electrons. The molecule has 0 saturated heterocycles. The van der Waals surface area contributed by atoms with Gasteiger partial charge >= 0.3 is 5.97 Å². The first-order valence-corrected chi connectivity index (χ1v) is 7.18. The maximum atomic E-state index is 11.7. The molecular formula is C17H21NO4. The molecule has 1 atom stereocenters. The van der Waals surface area contributed by atoms with E-state index in [4.69, 9.17) is 5.11 Å². The molecule has 5 heteroatoms. The highest BCUT2D eigenvalue weighted by Gasteiger charge is 2.23. The van der Waals surface area contributed by atoms with Crippen LogP contribution in [0.25, 0.3) is 6.08 Å². The molecular weight excluding hydrogens is 282 g/mol. The lowest BCUT2D eigenvalue weighted by Crippen LogP contribution is -2.44. The first-order valence-electron chi connectivity index (χ1n) is 7.18. The predicted molar refractivity (Wildman–Crippen MR) is 84.1 cm³/mol. The number of ketones is 1. The number of carboxylic acids is 1. The molecule has 5 nitrogen and oxygen atoms in total. The summed E-state index contributed by atoms with van der Waals surface area (Å²) in [4.78, 5) is 34.4. The molecule has 1 aromatic rings. The van der Waals surface area contributed by atoms with Gasteiger partial charge in [0.1, 0.15) is 6.04 Å². The first-order chi connectivity index (χ1) is 10.4. The van der Waals surface area contributed by atoms with E-state index < -0.39 is 17.9 Å². The van der Waals surface area contributed by atoms with E-state index >= 15 is 0 Å². The fraction of sp³-hybridized carbons (Fsp3) is 0.353. The summed E-state index contributed by atoms with van der Waals surface area (Å²) in [6.45, 7) is 3.43. The Kier molecular flexibility index (Phi) is 7.02. The number of hydrogen-bond acceptors (Lipinski definition) is 3. The van der Waals surface area contributed by atoms with Crippen molar-refractivity contribution in [2.45, 2.75) is 32.7 Å². The topological polar surface area (TPSA) is 83.5 Å². The van der Waals surface area contributed by atoms with Crippen molar-refractivity contribution >= 4 is 23.7 Å².